The van der Waals surface area contributed by atoms with Gasteiger partial charge in [-0.25, -0.2) is 0 Å². The normalized spacial score (nSPS) is 19.8. The van der Waals surface area contributed by atoms with Crippen LogP contribution < -0.4 is 5.73 Å². The molecule has 0 aromatic carbocycles. The maximum Gasteiger partial charge on any atom is 0.0550 e. The van der Waals surface area contributed by atoms with Crippen molar-refractivity contribution in [1.29, 1.82) is 0 Å². The molecule has 0 amide bonds. The van der Waals surface area contributed by atoms with Crippen LogP contribution in [-0.2, 0) is 5.41 Å². The fraction of sp³-hybridized carbons (Fsp3) is 0.600. The van der Waals surface area contributed by atoms with E-state index in [4.69, 9.17) is 17.3 Å². The van der Waals surface area contributed by atoms with E-state index in [0.29, 0.717) is 5.41 Å². The Hall–Kier alpha value is -0.0500. The van der Waals surface area contributed by atoms with Crippen LogP contribution in [0.15, 0.2) is 11.4 Å². The molecule has 1 aromatic heterocycles. The molecule has 1 aliphatic rings. The second-order valence-corrected chi connectivity index (χ2v) is 5.09. The molecule has 1 aliphatic carbocycles. The minimum atomic E-state index is 0.347. The summed E-state index contributed by atoms with van der Waals surface area (Å²) in [5, 5.41) is 3.02. The first kappa shape index (κ1) is 9.50. The summed E-state index contributed by atoms with van der Waals surface area (Å²) in [5.41, 5.74) is 5.99. The van der Waals surface area contributed by atoms with Gasteiger partial charge >= 0.3 is 0 Å². The van der Waals surface area contributed by atoms with E-state index in [1.54, 1.807) is 11.3 Å². The molecule has 0 spiro atoms. The van der Waals surface area contributed by atoms with E-state index >= 15 is 0 Å². The van der Waals surface area contributed by atoms with Gasteiger partial charge in [0, 0.05) is 10.3 Å². The third-order valence-corrected chi connectivity index (χ3v) is 4.62. The molecule has 1 saturated carbocycles. The van der Waals surface area contributed by atoms with Gasteiger partial charge in [0.05, 0.1) is 5.02 Å². The van der Waals surface area contributed by atoms with Crippen LogP contribution in [0.4, 0.5) is 0 Å². The number of hydrogen-bond donors (Lipinski definition) is 1. The van der Waals surface area contributed by atoms with E-state index in [2.05, 4.69) is 5.38 Å². The summed E-state index contributed by atoms with van der Waals surface area (Å²) in [4.78, 5) is 1.37. The molecule has 0 bridgehead atoms. The first-order valence-corrected chi connectivity index (χ1v) is 5.98. The van der Waals surface area contributed by atoms with Crippen molar-refractivity contribution in [3.05, 3.63) is 21.3 Å². The summed E-state index contributed by atoms with van der Waals surface area (Å²) >= 11 is 7.93. The molecule has 0 saturated heterocycles. The predicted octanol–water partition coefficient (Wildman–Crippen LogP) is 3.17. The highest BCUT2D eigenvalue weighted by molar-refractivity contribution is 7.10. The van der Waals surface area contributed by atoms with Gasteiger partial charge in [-0.3, -0.25) is 0 Å². The third kappa shape index (κ3) is 1.51. The first-order valence-electron chi connectivity index (χ1n) is 4.72. The van der Waals surface area contributed by atoms with E-state index < -0.39 is 0 Å². The summed E-state index contributed by atoms with van der Waals surface area (Å²) in [5.74, 6) is 0. The van der Waals surface area contributed by atoms with Crippen molar-refractivity contribution < 1.29 is 0 Å². The van der Waals surface area contributed by atoms with Gasteiger partial charge in [-0.05, 0) is 37.3 Å². The standard InChI is InChI=1S/C10H14ClNS/c11-8-2-7-13-9(8)10(5-6-12)3-1-4-10/h2,7H,1,3-6,12H2. The molecule has 1 aromatic rings. The smallest absolute Gasteiger partial charge is 0.0550 e. The highest BCUT2D eigenvalue weighted by Gasteiger charge is 2.40. The average molecular weight is 216 g/mol. The zero-order valence-corrected chi connectivity index (χ0v) is 9.13. The van der Waals surface area contributed by atoms with Crippen LogP contribution in [-0.4, -0.2) is 6.54 Å². The molecule has 1 heterocycles. The molecule has 0 atom stereocenters. The van der Waals surface area contributed by atoms with Crippen LogP contribution >= 0.6 is 22.9 Å². The van der Waals surface area contributed by atoms with Gasteiger partial charge in [0.25, 0.3) is 0 Å². The Kier molecular flexibility index (Phi) is 2.63. The summed E-state index contributed by atoms with van der Waals surface area (Å²) in [6.45, 7) is 0.772. The lowest BCUT2D eigenvalue weighted by molar-refractivity contribution is 0.235. The molecular weight excluding hydrogens is 202 g/mol. The molecule has 0 radical (unpaired) electrons. The SMILES string of the molecule is NCCC1(c2sccc2Cl)CCC1. The lowest BCUT2D eigenvalue weighted by Crippen LogP contribution is -2.35. The minimum Gasteiger partial charge on any atom is -0.330 e. The highest BCUT2D eigenvalue weighted by atomic mass is 35.5. The zero-order chi connectivity index (χ0) is 9.31. The summed E-state index contributed by atoms with van der Waals surface area (Å²) in [6.07, 6.45) is 4.95. The molecule has 1 nitrogen and oxygen atoms in total. The molecule has 3 heteroatoms. The second kappa shape index (κ2) is 3.60. The van der Waals surface area contributed by atoms with Crippen LogP contribution in [0.3, 0.4) is 0 Å². The number of rotatable bonds is 3. The number of thiophene rings is 1. The van der Waals surface area contributed by atoms with Crippen LogP contribution in [0.2, 0.25) is 5.02 Å². The van der Waals surface area contributed by atoms with Crippen LogP contribution in [0.25, 0.3) is 0 Å². The fourth-order valence-electron chi connectivity index (χ4n) is 2.14. The summed E-state index contributed by atoms with van der Waals surface area (Å²) < 4.78 is 0. The topological polar surface area (TPSA) is 26.0 Å². The van der Waals surface area contributed by atoms with Gasteiger partial charge in [0.15, 0.2) is 0 Å². The fourth-order valence-corrected chi connectivity index (χ4v) is 3.69. The van der Waals surface area contributed by atoms with Crippen molar-refractivity contribution in [2.45, 2.75) is 31.1 Å². The van der Waals surface area contributed by atoms with Crippen LogP contribution in [0, 0.1) is 0 Å². The van der Waals surface area contributed by atoms with Gasteiger partial charge in [-0.2, -0.15) is 0 Å². The van der Waals surface area contributed by atoms with Crippen molar-refractivity contribution in [2.75, 3.05) is 6.54 Å². The monoisotopic (exact) mass is 215 g/mol. The molecule has 72 valence electrons. The Morgan fingerprint density at radius 2 is 2.31 bits per heavy atom. The first-order chi connectivity index (χ1) is 6.28. The predicted molar refractivity (Wildman–Crippen MR) is 58.5 cm³/mol. The van der Waals surface area contributed by atoms with E-state index in [1.165, 1.54) is 24.1 Å². The molecule has 13 heavy (non-hydrogen) atoms. The van der Waals surface area contributed by atoms with Gasteiger partial charge in [0.2, 0.25) is 0 Å². The Morgan fingerprint density at radius 3 is 2.69 bits per heavy atom. The van der Waals surface area contributed by atoms with Crippen LogP contribution in [0.1, 0.15) is 30.6 Å². The van der Waals surface area contributed by atoms with Crippen LogP contribution in [0.5, 0.6) is 0 Å². The van der Waals surface area contributed by atoms with Gasteiger partial charge in [-0.1, -0.05) is 18.0 Å². The number of nitrogens with two attached hydrogens (primary N) is 1. The molecular formula is C10H14ClNS. The number of halogens is 1. The molecule has 1 fully saturated rings. The van der Waals surface area contributed by atoms with Crippen molar-refractivity contribution in [3.8, 4) is 0 Å². The lowest BCUT2D eigenvalue weighted by Gasteiger charge is -2.41. The Morgan fingerprint density at radius 1 is 1.54 bits per heavy atom. The zero-order valence-electron chi connectivity index (χ0n) is 7.55. The number of hydrogen-bond acceptors (Lipinski definition) is 2. The van der Waals surface area contributed by atoms with E-state index in [0.717, 1.165) is 18.0 Å². The quantitative estimate of drug-likeness (QED) is 0.824. The van der Waals surface area contributed by atoms with Gasteiger partial charge in [0.1, 0.15) is 0 Å². The maximum absolute atomic E-state index is 6.14. The van der Waals surface area contributed by atoms with Crippen molar-refractivity contribution in [1.82, 2.24) is 0 Å². The van der Waals surface area contributed by atoms with E-state index in [-0.39, 0.29) is 0 Å². The minimum absolute atomic E-state index is 0.347. The van der Waals surface area contributed by atoms with Gasteiger partial charge in [-0.15, -0.1) is 11.3 Å². The Bertz CT molecular complexity index is 291. The molecule has 0 unspecified atom stereocenters. The largest absolute Gasteiger partial charge is 0.330 e. The summed E-state index contributed by atoms with van der Waals surface area (Å²) in [6, 6.07) is 2.00. The second-order valence-electron chi connectivity index (χ2n) is 3.77. The third-order valence-electron chi connectivity index (χ3n) is 3.03. The Balaban J connectivity index is 2.26. The molecule has 0 aliphatic heterocycles. The highest BCUT2D eigenvalue weighted by Crippen LogP contribution is 2.50. The van der Waals surface area contributed by atoms with Crippen molar-refractivity contribution in [2.24, 2.45) is 5.73 Å². The van der Waals surface area contributed by atoms with Gasteiger partial charge < -0.3 is 5.73 Å². The van der Waals surface area contributed by atoms with Crippen molar-refractivity contribution in [3.63, 3.8) is 0 Å². The molecule has 2 N–H and O–H groups in total. The van der Waals surface area contributed by atoms with E-state index in [9.17, 15) is 0 Å². The van der Waals surface area contributed by atoms with E-state index in [1.807, 2.05) is 6.07 Å². The summed E-state index contributed by atoms with van der Waals surface area (Å²) in [7, 11) is 0. The maximum atomic E-state index is 6.14. The Labute approximate surface area is 87.9 Å². The van der Waals surface area contributed by atoms with Crippen molar-refractivity contribution >= 4 is 22.9 Å². The lowest BCUT2D eigenvalue weighted by atomic mass is 9.66. The molecule has 2 rings (SSSR count). The average Bonchev–Trinajstić information content (AvgIpc) is 2.44.